The van der Waals surface area contributed by atoms with E-state index in [1.807, 2.05) is 37.1 Å². The van der Waals surface area contributed by atoms with E-state index in [0.29, 0.717) is 38.8 Å². The summed E-state index contributed by atoms with van der Waals surface area (Å²) < 4.78 is 27.4. The largest absolute Gasteiger partial charge is 0.341 e. The summed E-state index contributed by atoms with van der Waals surface area (Å²) in [7, 11) is -1.21. The lowest BCUT2D eigenvalue weighted by atomic mass is 10.1. The molecule has 0 aromatic carbocycles. The average molecular weight is 461 g/mol. The van der Waals surface area contributed by atoms with Gasteiger partial charge < -0.3 is 4.90 Å². The van der Waals surface area contributed by atoms with E-state index in [2.05, 4.69) is 16.3 Å². The molecule has 2 aromatic rings. The van der Waals surface area contributed by atoms with E-state index >= 15 is 0 Å². The molecule has 10 heteroatoms. The van der Waals surface area contributed by atoms with Crippen molar-refractivity contribution in [2.24, 2.45) is 0 Å². The highest BCUT2D eigenvalue weighted by molar-refractivity contribution is 7.91. The highest BCUT2D eigenvalue weighted by Gasteiger charge is 2.31. The first kappa shape index (κ1) is 24.0. The van der Waals surface area contributed by atoms with E-state index in [9.17, 15) is 13.2 Å². The molecule has 0 aliphatic carbocycles. The summed E-state index contributed by atoms with van der Waals surface area (Å²) >= 11 is 0. The van der Waals surface area contributed by atoms with Gasteiger partial charge in [-0.3, -0.25) is 14.2 Å². The van der Waals surface area contributed by atoms with Gasteiger partial charge in [0.1, 0.15) is 0 Å². The van der Waals surface area contributed by atoms with Crippen molar-refractivity contribution in [2.45, 2.75) is 72.5 Å². The molecule has 9 nitrogen and oxygen atoms in total. The standard InChI is InChI=1S/C22H32N6O3S/c1-15-20(17(3)27(24-15)11-6-10-23)7-8-22(29)26(5)13-21-16(2)25-28(18(21)4)19-9-12-32(30,31)14-19/h19H,6-9,11-14H2,1-5H3. The summed E-state index contributed by atoms with van der Waals surface area (Å²) in [4.78, 5) is 14.5. The van der Waals surface area contributed by atoms with Gasteiger partial charge in [0.15, 0.2) is 9.84 Å². The second-order valence-corrected chi connectivity index (χ2v) is 10.9. The van der Waals surface area contributed by atoms with Crippen molar-refractivity contribution in [3.05, 3.63) is 33.9 Å². The lowest BCUT2D eigenvalue weighted by Crippen LogP contribution is -2.27. The lowest BCUT2D eigenvalue weighted by molar-refractivity contribution is -0.130. The molecule has 1 unspecified atom stereocenters. The molecule has 1 atom stereocenters. The van der Waals surface area contributed by atoms with Gasteiger partial charge in [-0.05, 0) is 46.1 Å². The van der Waals surface area contributed by atoms with E-state index in [1.165, 1.54) is 0 Å². The van der Waals surface area contributed by atoms with Crippen LogP contribution in [0.1, 0.15) is 59.2 Å². The Labute approximate surface area is 189 Å². The second kappa shape index (κ2) is 9.45. The molecular weight excluding hydrogens is 428 g/mol. The predicted molar refractivity (Wildman–Crippen MR) is 121 cm³/mol. The van der Waals surface area contributed by atoms with Crippen LogP contribution in [-0.4, -0.2) is 57.3 Å². The maximum atomic E-state index is 12.8. The zero-order chi connectivity index (χ0) is 23.6. The van der Waals surface area contributed by atoms with Gasteiger partial charge in [-0.15, -0.1) is 0 Å². The minimum Gasteiger partial charge on any atom is -0.341 e. The average Bonchev–Trinajstić information content (AvgIpc) is 3.32. The van der Waals surface area contributed by atoms with E-state index in [1.54, 1.807) is 11.9 Å². The fraction of sp³-hybridized carbons (Fsp3) is 0.636. The van der Waals surface area contributed by atoms with Crippen molar-refractivity contribution in [1.29, 1.82) is 5.26 Å². The Morgan fingerprint density at radius 2 is 1.84 bits per heavy atom. The van der Waals surface area contributed by atoms with Crippen molar-refractivity contribution in [3.63, 3.8) is 0 Å². The minimum absolute atomic E-state index is 0.0311. The first-order valence-electron chi connectivity index (χ1n) is 10.9. The Kier molecular flexibility index (Phi) is 7.08. The number of nitrogens with zero attached hydrogens (tertiary/aromatic N) is 6. The molecule has 0 spiro atoms. The quantitative estimate of drug-likeness (QED) is 0.596. The van der Waals surface area contributed by atoms with Crippen LogP contribution in [0.25, 0.3) is 0 Å². The Morgan fingerprint density at radius 3 is 2.47 bits per heavy atom. The van der Waals surface area contributed by atoms with Gasteiger partial charge in [0, 0.05) is 37.0 Å². The molecule has 2 aromatic heterocycles. The second-order valence-electron chi connectivity index (χ2n) is 8.68. The number of sulfone groups is 1. The summed E-state index contributed by atoms with van der Waals surface area (Å²) in [5.41, 5.74) is 5.70. The Morgan fingerprint density at radius 1 is 1.16 bits per heavy atom. The van der Waals surface area contributed by atoms with Gasteiger partial charge in [-0.25, -0.2) is 8.42 Å². The van der Waals surface area contributed by atoms with E-state index in [-0.39, 0.29) is 23.5 Å². The van der Waals surface area contributed by atoms with Crippen LogP contribution < -0.4 is 0 Å². The number of carbonyl (C=O) groups is 1. The van der Waals surface area contributed by atoms with Crippen molar-refractivity contribution in [2.75, 3.05) is 18.6 Å². The first-order valence-corrected chi connectivity index (χ1v) is 12.7. The molecule has 3 rings (SSSR count). The third-order valence-corrected chi connectivity index (χ3v) is 8.16. The van der Waals surface area contributed by atoms with Gasteiger partial charge in [-0.1, -0.05) is 0 Å². The van der Waals surface area contributed by atoms with Crippen LogP contribution in [0.3, 0.4) is 0 Å². The lowest BCUT2D eigenvalue weighted by Gasteiger charge is -2.18. The fourth-order valence-corrected chi connectivity index (χ4v) is 6.16. The third-order valence-electron chi connectivity index (χ3n) is 6.41. The molecule has 1 fully saturated rings. The third kappa shape index (κ3) is 5.04. The normalized spacial score (nSPS) is 17.4. The number of nitriles is 1. The molecular formula is C22H32N6O3S. The zero-order valence-corrected chi connectivity index (χ0v) is 20.4. The van der Waals surface area contributed by atoms with E-state index < -0.39 is 9.84 Å². The number of aromatic nitrogens is 4. The molecule has 1 aliphatic heterocycles. The Balaban J connectivity index is 1.64. The zero-order valence-electron chi connectivity index (χ0n) is 19.6. The molecule has 0 N–H and O–H groups in total. The summed E-state index contributed by atoms with van der Waals surface area (Å²) in [6, 6.07) is 2.01. The number of hydrogen-bond acceptors (Lipinski definition) is 6. The first-order chi connectivity index (χ1) is 15.0. The van der Waals surface area contributed by atoms with Crippen molar-refractivity contribution in [1.82, 2.24) is 24.5 Å². The molecule has 0 radical (unpaired) electrons. The maximum absolute atomic E-state index is 12.8. The van der Waals surface area contributed by atoms with Crippen LogP contribution >= 0.6 is 0 Å². The van der Waals surface area contributed by atoms with Crippen LogP contribution in [-0.2, 0) is 34.1 Å². The monoisotopic (exact) mass is 460 g/mol. The van der Waals surface area contributed by atoms with Gasteiger partial charge in [0.2, 0.25) is 5.91 Å². The van der Waals surface area contributed by atoms with Crippen molar-refractivity contribution < 1.29 is 13.2 Å². The highest BCUT2D eigenvalue weighted by atomic mass is 32.2. The van der Waals surface area contributed by atoms with Crippen LogP contribution in [0.5, 0.6) is 0 Å². The number of aryl methyl sites for hydroxylation is 3. The Bertz CT molecular complexity index is 1160. The smallest absolute Gasteiger partial charge is 0.222 e. The fourth-order valence-electron chi connectivity index (χ4n) is 4.47. The number of amides is 1. The summed E-state index contributed by atoms with van der Waals surface area (Å²) in [5, 5.41) is 17.9. The SMILES string of the molecule is Cc1nn(CCC#N)c(C)c1CCC(=O)N(C)Cc1c(C)nn(C2CCS(=O)(=O)C2)c1C. The molecule has 3 heterocycles. The highest BCUT2D eigenvalue weighted by Crippen LogP contribution is 2.27. The summed E-state index contributed by atoms with van der Waals surface area (Å²) in [6.07, 6.45) is 1.96. The maximum Gasteiger partial charge on any atom is 0.222 e. The van der Waals surface area contributed by atoms with Gasteiger partial charge in [-0.2, -0.15) is 15.5 Å². The molecule has 174 valence electrons. The van der Waals surface area contributed by atoms with E-state index in [4.69, 9.17) is 5.26 Å². The van der Waals surface area contributed by atoms with Crippen LogP contribution in [0.15, 0.2) is 0 Å². The van der Waals surface area contributed by atoms with Gasteiger partial charge in [0.25, 0.3) is 0 Å². The molecule has 1 saturated heterocycles. The topological polar surface area (TPSA) is 114 Å². The molecule has 32 heavy (non-hydrogen) atoms. The molecule has 0 saturated carbocycles. The summed E-state index contributed by atoms with van der Waals surface area (Å²) in [5.74, 6) is 0.364. The minimum atomic E-state index is -2.99. The summed E-state index contributed by atoms with van der Waals surface area (Å²) in [6.45, 7) is 8.76. The van der Waals surface area contributed by atoms with Gasteiger partial charge in [0.05, 0.1) is 48.0 Å². The molecule has 0 bridgehead atoms. The van der Waals surface area contributed by atoms with Crippen LogP contribution in [0.2, 0.25) is 0 Å². The predicted octanol–water partition coefficient (Wildman–Crippen LogP) is 2.18. The Hall–Kier alpha value is -2.67. The number of hydrogen-bond donors (Lipinski definition) is 0. The van der Waals surface area contributed by atoms with E-state index in [0.717, 1.165) is 33.9 Å². The van der Waals surface area contributed by atoms with Gasteiger partial charge >= 0.3 is 0 Å². The van der Waals surface area contributed by atoms with Crippen LogP contribution in [0, 0.1) is 39.0 Å². The molecule has 1 amide bonds. The number of carbonyl (C=O) groups excluding carboxylic acids is 1. The van der Waals surface area contributed by atoms with Crippen molar-refractivity contribution in [3.8, 4) is 6.07 Å². The molecule has 1 aliphatic rings. The van der Waals surface area contributed by atoms with Crippen LogP contribution in [0.4, 0.5) is 0 Å². The van der Waals surface area contributed by atoms with Crippen molar-refractivity contribution >= 4 is 15.7 Å². The number of rotatable bonds is 8.